The molecular weight excluding hydrogens is 480 g/mol. The molecule has 1 aromatic carbocycles. The molecule has 38 heavy (non-hydrogen) atoms. The molecule has 2 aliphatic carbocycles. The number of aliphatic hydroxyl groups excluding tert-OH is 1. The zero-order valence-corrected chi connectivity index (χ0v) is 22.5. The minimum Gasteiger partial charge on any atom is -0.459 e. The molecule has 0 radical (unpaired) electrons. The quantitative estimate of drug-likeness (QED) is 0.319. The van der Waals surface area contributed by atoms with Gasteiger partial charge in [0.15, 0.2) is 6.29 Å². The van der Waals surface area contributed by atoms with Gasteiger partial charge in [-0.05, 0) is 56.3 Å². The van der Waals surface area contributed by atoms with Crippen LogP contribution in [-0.4, -0.2) is 46.7 Å². The fraction of sp³-hybridized carbons (Fsp3) is 0.548. The van der Waals surface area contributed by atoms with Crippen LogP contribution < -0.4 is 0 Å². The first-order chi connectivity index (χ1) is 18.2. The molecule has 6 rings (SSSR count). The van der Waals surface area contributed by atoms with Crippen LogP contribution in [0, 0.1) is 29.6 Å². The summed E-state index contributed by atoms with van der Waals surface area (Å²) in [6.45, 7) is 11.9. The fourth-order valence-corrected chi connectivity index (χ4v) is 7.78. The number of cyclic esters (lactones) is 1. The number of aromatic amines is 1. The third-order valence-corrected chi connectivity index (χ3v) is 9.95. The van der Waals surface area contributed by atoms with Crippen molar-refractivity contribution in [1.82, 2.24) is 10.2 Å². The van der Waals surface area contributed by atoms with Gasteiger partial charge in [-0.25, -0.2) is 4.79 Å². The standard InChI is InChI=1S/C31H38N2O5/c1-18-5-8-20(9-6-18)27-22(15-32-33-27)29-37-17-31(4)25-12-7-19(2)23(30(25,3)14-13-26(31)38-29)11-10-21-24(34)16-36-28(21)35/h5-6,8-10,15,23-26,29,34H,2,7,11-14,16-17H2,1,3-4H3,(H,32,33)/b21-10+/t23-,24?,25+,26-,29?,30+,31+/m1/s1. The van der Waals surface area contributed by atoms with Crippen LogP contribution in [0.3, 0.4) is 0 Å². The maximum Gasteiger partial charge on any atom is 0.336 e. The number of hydrogen-bond donors (Lipinski definition) is 2. The number of aryl methyl sites for hydroxylation is 1. The number of aliphatic hydroxyl groups is 1. The molecule has 2 unspecified atom stereocenters. The minimum atomic E-state index is -0.832. The Bertz CT molecular complexity index is 1270. The molecule has 7 nitrogen and oxygen atoms in total. The Balaban J connectivity index is 1.23. The predicted molar refractivity (Wildman–Crippen MR) is 143 cm³/mol. The largest absolute Gasteiger partial charge is 0.459 e. The first-order valence-electron chi connectivity index (χ1n) is 13.8. The maximum atomic E-state index is 12.1. The van der Waals surface area contributed by atoms with E-state index in [0.29, 0.717) is 24.5 Å². The lowest BCUT2D eigenvalue weighted by Gasteiger charge is -2.62. The highest BCUT2D eigenvalue weighted by molar-refractivity contribution is 5.91. The van der Waals surface area contributed by atoms with Crippen molar-refractivity contribution in [2.75, 3.05) is 13.2 Å². The van der Waals surface area contributed by atoms with Gasteiger partial charge in [0.2, 0.25) is 0 Å². The number of carbonyl (C=O) groups is 1. The lowest BCUT2D eigenvalue weighted by atomic mass is 9.46. The molecule has 4 aliphatic rings. The third-order valence-electron chi connectivity index (χ3n) is 9.95. The van der Waals surface area contributed by atoms with Gasteiger partial charge in [-0.3, -0.25) is 5.10 Å². The SMILES string of the molecule is C=C1CC[C@@H]2[C@]3(C)COC(c4cn[nH]c4-c4ccc(C)cc4)O[C@@H]3CC[C@@]2(C)[C@@H]1C/C=C1/C(=O)OCC1O. The van der Waals surface area contributed by atoms with Gasteiger partial charge in [0.1, 0.15) is 12.7 Å². The van der Waals surface area contributed by atoms with Crippen molar-refractivity contribution in [2.45, 2.75) is 71.4 Å². The summed E-state index contributed by atoms with van der Waals surface area (Å²) in [5.74, 6) is 0.220. The number of hydrogen-bond acceptors (Lipinski definition) is 6. The second kappa shape index (κ2) is 9.47. The summed E-state index contributed by atoms with van der Waals surface area (Å²) in [6.07, 6.45) is 7.16. The van der Waals surface area contributed by atoms with E-state index in [0.717, 1.165) is 42.5 Å². The van der Waals surface area contributed by atoms with E-state index < -0.39 is 18.4 Å². The van der Waals surface area contributed by atoms with Crippen LogP contribution in [0.15, 0.2) is 54.3 Å². The van der Waals surface area contributed by atoms with E-state index in [2.05, 4.69) is 61.8 Å². The fourth-order valence-electron chi connectivity index (χ4n) is 7.78. The van der Waals surface area contributed by atoms with Crippen LogP contribution in [0.1, 0.15) is 63.4 Å². The average molecular weight is 519 g/mol. The first kappa shape index (κ1) is 25.5. The van der Waals surface area contributed by atoms with E-state index in [-0.39, 0.29) is 29.5 Å². The van der Waals surface area contributed by atoms with E-state index in [1.165, 1.54) is 11.1 Å². The lowest BCUT2D eigenvalue weighted by molar-refractivity contribution is -0.307. The zero-order valence-electron chi connectivity index (χ0n) is 22.5. The first-order valence-corrected chi connectivity index (χ1v) is 13.8. The number of aromatic nitrogens is 2. The molecule has 0 spiro atoms. The summed E-state index contributed by atoms with van der Waals surface area (Å²) in [4.78, 5) is 12.1. The van der Waals surface area contributed by atoms with Crippen LogP contribution >= 0.6 is 0 Å². The van der Waals surface area contributed by atoms with Gasteiger partial charge in [-0.1, -0.05) is 61.9 Å². The summed E-state index contributed by atoms with van der Waals surface area (Å²) in [6, 6.07) is 8.39. The van der Waals surface area contributed by atoms with Gasteiger partial charge in [0.25, 0.3) is 0 Å². The second-order valence-electron chi connectivity index (χ2n) is 12.2. The Morgan fingerprint density at radius 1 is 1.21 bits per heavy atom. The van der Waals surface area contributed by atoms with Crippen molar-refractivity contribution in [2.24, 2.45) is 22.7 Å². The van der Waals surface area contributed by atoms with Crippen molar-refractivity contribution >= 4 is 5.97 Å². The Hall–Kier alpha value is -2.74. The van der Waals surface area contributed by atoms with Crippen LogP contribution in [0.25, 0.3) is 11.3 Å². The van der Waals surface area contributed by atoms with Crippen molar-refractivity contribution in [1.29, 1.82) is 0 Å². The number of nitrogens with one attached hydrogen (secondary N) is 1. The number of benzene rings is 1. The number of H-pyrrole nitrogens is 1. The highest BCUT2D eigenvalue weighted by atomic mass is 16.7. The highest BCUT2D eigenvalue weighted by Crippen LogP contribution is 2.64. The topological polar surface area (TPSA) is 93.7 Å². The molecule has 202 valence electrons. The van der Waals surface area contributed by atoms with Crippen LogP contribution in [-0.2, 0) is 19.0 Å². The smallest absolute Gasteiger partial charge is 0.336 e. The molecule has 2 aliphatic heterocycles. The number of rotatable bonds is 4. The number of fused-ring (bicyclic) bond motifs is 3. The second-order valence-corrected chi connectivity index (χ2v) is 12.2. The molecule has 0 amide bonds. The number of esters is 1. The zero-order chi connectivity index (χ0) is 26.7. The molecule has 4 fully saturated rings. The van der Waals surface area contributed by atoms with E-state index in [1.54, 1.807) is 0 Å². The molecule has 3 heterocycles. The van der Waals surface area contributed by atoms with Gasteiger partial charge in [-0.15, -0.1) is 0 Å². The molecule has 2 N–H and O–H groups in total. The Morgan fingerprint density at radius 3 is 2.74 bits per heavy atom. The highest BCUT2D eigenvalue weighted by Gasteiger charge is 2.60. The van der Waals surface area contributed by atoms with E-state index in [9.17, 15) is 9.90 Å². The Kier molecular flexibility index (Phi) is 6.36. The number of ether oxygens (including phenoxy) is 3. The lowest BCUT2D eigenvalue weighted by Crippen LogP contribution is -2.60. The average Bonchev–Trinajstić information content (AvgIpc) is 3.50. The molecule has 2 saturated heterocycles. The molecule has 0 bridgehead atoms. The van der Waals surface area contributed by atoms with Crippen LogP contribution in [0.2, 0.25) is 0 Å². The van der Waals surface area contributed by atoms with Crippen LogP contribution in [0.4, 0.5) is 0 Å². The third kappa shape index (κ3) is 4.07. The summed E-state index contributed by atoms with van der Waals surface area (Å²) < 4.78 is 18.3. The van der Waals surface area contributed by atoms with Crippen molar-refractivity contribution < 1.29 is 24.1 Å². The van der Waals surface area contributed by atoms with Crippen molar-refractivity contribution in [3.63, 3.8) is 0 Å². The van der Waals surface area contributed by atoms with Crippen LogP contribution in [0.5, 0.6) is 0 Å². The summed E-state index contributed by atoms with van der Waals surface area (Å²) in [7, 11) is 0. The van der Waals surface area contributed by atoms with Crippen molar-refractivity contribution in [3.05, 3.63) is 65.4 Å². The molecule has 7 atom stereocenters. The van der Waals surface area contributed by atoms with Gasteiger partial charge in [0.05, 0.1) is 35.7 Å². The molecule has 7 heteroatoms. The minimum absolute atomic E-state index is 0.00730. The Morgan fingerprint density at radius 2 is 2.00 bits per heavy atom. The van der Waals surface area contributed by atoms with Gasteiger partial charge < -0.3 is 19.3 Å². The number of carbonyl (C=O) groups excluding carboxylic acids is 1. The van der Waals surface area contributed by atoms with Gasteiger partial charge in [0, 0.05) is 11.0 Å². The van der Waals surface area contributed by atoms with E-state index in [4.69, 9.17) is 14.2 Å². The monoisotopic (exact) mass is 518 g/mol. The normalized spacial score (nSPS) is 38.1. The summed E-state index contributed by atoms with van der Waals surface area (Å²) >= 11 is 0. The summed E-state index contributed by atoms with van der Waals surface area (Å²) in [5, 5.41) is 17.7. The molecule has 2 saturated carbocycles. The Labute approximate surface area is 224 Å². The number of nitrogens with zero attached hydrogens (tertiary/aromatic N) is 1. The predicted octanol–water partition coefficient (Wildman–Crippen LogP) is 5.42. The summed E-state index contributed by atoms with van der Waals surface area (Å²) in [5.41, 5.74) is 5.66. The van der Waals surface area contributed by atoms with Gasteiger partial charge in [-0.2, -0.15) is 5.10 Å². The van der Waals surface area contributed by atoms with Crippen molar-refractivity contribution in [3.8, 4) is 11.3 Å². The molecule has 2 aromatic rings. The van der Waals surface area contributed by atoms with Gasteiger partial charge >= 0.3 is 5.97 Å². The molecular formula is C31H38N2O5. The molecule has 1 aromatic heterocycles. The van der Waals surface area contributed by atoms with E-state index >= 15 is 0 Å². The maximum absolute atomic E-state index is 12.1. The van der Waals surface area contributed by atoms with E-state index in [1.807, 2.05) is 12.3 Å². The number of allylic oxidation sites excluding steroid dienone is 2.